The van der Waals surface area contributed by atoms with Crippen molar-refractivity contribution in [3.8, 4) is 0 Å². The molecule has 0 aromatic rings. The second-order valence-electron chi connectivity index (χ2n) is 3.47. The Hall–Kier alpha value is -0.610. The molecule has 0 aromatic heterocycles. The molecule has 1 heterocycles. The Balaban J connectivity index is 2.48. The van der Waals surface area contributed by atoms with Crippen molar-refractivity contribution < 1.29 is 9.90 Å². The van der Waals surface area contributed by atoms with Gasteiger partial charge in [0, 0.05) is 0 Å². The maximum atomic E-state index is 10.6. The zero-order valence-corrected chi connectivity index (χ0v) is 7.18. The first-order valence-electron chi connectivity index (χ1n) is 4.34. The van der Waals surface area contributed by atoms with Crippen molar-refractivity contribution >= 4 is 5.91 Å². The summed E-state index contributed by atoms with van der Waals surface area (Å²) in [5, 5.41) is 13.0. The summed E-state index contributed by atoms with van der Waals surface area (Å²) in [4.78, 5) is 10.6. The van der Waals surface area contributed by atoms with Gasteiger partial charge in [-0.25, -0.2) is 0 Å². The third kappa shape index (κ3) is 2.79. The van der Waals surface area contributed by atoms with Crippen molar-refractivity contribution in [1.29, 1.82) is 0 Å². The van der Waals surface area contributed by atoms with Gasteiger partial charge in [0.05, 0.1) is 12.0 Å². The van der Waals surface area contributed by atoms with Gasteiger partial charge in [0.25, 0.3) is 0 Å². The number of nitrogens with two attached hydrogens (primary N) is 1. The second kappa shape index (κ2) is 3.87. The lowest BCUT2D eigenvalue weighted by Crippen LogP contribution is -2.35. The topological polar surface area (TPSA) is 75.4 Å². The SMILES string of the molecule is NC(=O)CC1(O)CCCNCC1. The Bertz CT molecular complexity index is 162. The molecule has 1 fully saturated rings. The highest BCUT2D eigenvalue weighted by Gasteiger charge is 2.29. The van der Waals surface area contributed by atoms with Crippen LogP contribution in [0.15, 0.2) is 0 Å². The molecule has 70 valence electrons. The molecule has 0 aromatic carbocycles. The van der Waals surface area contributed by atoms with Crippen molar-refractivity contribution in [1.82, 2.24) is 5.32 Å². The number of hydrogen-bond donors (Lipinski definition) is 3. The number of amides is 1. The minimum absolute atomic E-state index is 0.0919. The summed E-state index contributed by atoms with van der Waals surface area (Å²) < 4.78 is 0. The van der Waals surface area contributed by atoms with E-state index in [1.54, 1.807) is 0 Å². The number of primary amides is 1. The van der Waals surface area contributed by atoms with Crippen LogP contribution < -0.4 is 11.1 Å². The van der Waals surface area contributed by atoms with E-state index in [2.05, 4.69) is 5.32 Å². The van der Waals surface area contributed by atoms with E-state index in [0.29, 0.717) is 12.8 Å². The van der Waals surface area contributed by atoms with Crippen LogP contribution in [0.2, 0.25) is 0 Å². The van der Waals surface area contributed by atoms with Gasteiger partial charge in [0.1, 0.15) is 0 Å². The fourth-order valence-corrected chi connectivity index (χ4v) is 1.61. The van der Waals surface area contributed by atoms with Crippen LogP contribution >= 0.6 is 0 Å². The van der Waals surface area contributed by atoms with Crippen LogP contribution in [0.25, 0.3) is 0 Å². The quantitative estimate of drug-likeness (QED) is 0.519. The van der Waals surface area contributed by atoms with Crippen molar-refractivity contribution in [2.24, 2.45) is 5.73 Å². The smallest absolute Gasteiger partial charge is 0.220 e. The first-order valence-corrected chi connectivity index (χ1v) is 4.34. The highest BCUT2D eigenvalue weighted by Crippen LogP contribution is 2.22. The van der Waals surface area contributed by atoms with E-state index >= 15 is 0 Å². The Labute approximate surface area is 72.1 Å². The minimum atomic E-state index is -0.852. The summed E-state index contributed by atoms with van der Waals surface area (Å²) in [6.45, 7) is 1.69. The molecular weight excluding hydrogens is 156 g/mol. The zero-order chi connectivity index (χ0) is 9.03. The molecule has 1 saturated heterocycles. The third-order valence-corrected chi connectivity index (χ3v) is 2.27. The molecule has 0 aliphatic carbocycles. The van der Waals surface area contributed by atoms with Gasteiger partial charge >= 0.3 is 0 Å². The van der Waals surface area contributed by atoms with E-state index in [4.69, 9.17) is 5.73 Å². The van der Waals surface area contributed by atoms with Crippen molar-refractivity contribution in [3.05, 3.63) is 0 Å². The summed E-state index contributed by atoms with van der Waals surface area (Å²) in [6.07, 6.45) is 2.29. The van der Waals surface area contributed by atoms with E-state index in [-0.39, 0.29) is 6.42 Å². The summed E-state index contributed by atoms with van der Waals surface area (Å²) >= 11 is 0. The van der Waals surface area contributed by atoms with E-state index < -0.39 is 11.5 Å². The average Bonchev–Trinajstić information content (AvgIpc) is 2.12. The molecule has 1 aliphatic heterocycles. The number of carbonyl (C=O) groups excluding carboxylic acids is 1. The highest BCUT2D eigenvalue weighted by molar-refractivity contribution is 5.74. The van der Waals surface area contributed by atoms with E-state index in [9.17, 15) is 9.90 Å². The molecule has 1 atom stereocenters. The molecule has 4 N–H and O–H groups in total. The van der Waals surface area contributed by atoms with Gasteiger partial charge < -0.3 is 16.2 Å². The Morgan fingerprint density at radius 3 is 2.92 bits per heavy atom. The third-order valence-electron chi connectivity index (χ3n) is 2.27. The zero-order valence-electron chi connectivity index (χ0n) is 7.18. The fraction of sp³-hybridized carbons (Fsp3) is 0.875. The Morgan fingerprint density at radius 2 is 2.25 bits per heavy atom. The summed E-state index contributed by atoms with van der Waals surface area (Å²) in [6, 6.07) is 0. The largest absolute Gasteiger partial charge is 0.389 e. The Kier molecular flexibility index (Phi) is 3.05. The van der Waals surface area contributed by atoms with Gasteiger partial charge in [-0.3, -0.25) is 4.79 Å². The number of hydrogen-bond acceptors (Lipinski definition) is 3. The molecule has 1 rings (SSSR count). The Morgan fingerprint density at radius 1 is 1.50 bits per heavy atom. The van der Waals surface area contributed by atoms with Crippen molar-refractivity contribution in [2.75, 3.05) is 13.1 Å². The highest BCUT2D eigenvalue weighted by atomic mass is 16.3. The normalized spacial score (nSPS) is 31.1. The number of aliphatic hydroxyl groups is 1. The van der Waals surface area contributed by atoms with Crippen LogP contribution in [0.1, 0.15) is 25.7 Å². The molecule has 4 heteroatoms. The number of carbonyl (C=O) groups is 1. The molecule has 0 spiro atoms. The maximum absolute atomic E-state index is 10.6. The lowest BCUT2D eigenvalue weighted by atomic mass is 9.91. The van der Waals surface area contributed by atoms with Crippen LogP contribution in [-0.2, 0) is 4.79 Å². The first-order chi connectivity index (χ1) is 5.62. The van der Waals surface area contributed by atoms with E-state index in [0.717, 1.165) is 19.5 Å². The molecular formula is C8H16N2O2. The predicted octanol–water partition coefficient (Wildman–Crippen LogP) is -0.634. The monoisotopic (exact) mass is 172 g/mol. The first kappa shape index (κ1) is 9.48. The molecule has 0 bridgehead atoms. The fourth-order valence-electron chi connectivity index (χ4n) is 1.61. The van der Waals surface area contributed by atoms with E-state index in [1.165, 1.54) is 0 Å². The molecule has 4 nitrogen and oxygen atoms in total. The van der Waals surface area contributed by atoms with Crippen LogP contribution in [0, 0.1) is 0 Å². The van der Waals surface area contributed by atoms with Gasteiger partial charge in [-0.2, -0.15) is 0 Å². The van der Waals surface area contributed by atoms with Gasteiger partial charge in [0.15, 0.2) is 0 Å². The molecule has 0 radical (unpaired) electrons. The lowest BCUT2D eigenvalue weighted by molar-refractivity contribution is -0.123. The number of rotatable bonds is 2. The van der Waals surface area contributed by atoms with Gasteiger partial charge in [0.2, 0.25) is 5.91 Å². The molecule has 1 aliphatic rings. The summed E-state index contributed by atoms with van der Waals surface area (Å²) in [5.41, 5.74) is 4.19. The van der Waals surface area contributed by atoms with Crippen LogP contribution in [0.4, 0.5) is 0 Å². The molecule has 1 unspecified atom stereocenters. The summed E-state index contributed by atoms with van der Waals surface area (Å²) in [5.74, 6) is -0.417. The minimum Gasteiger partial charge on any atom is -0.389 e. The predicted molar refractivity (Wildman–Crippen MR) is 45.5 cm³/mol. The summed E-state index contributed by atoms with van der Waals surface area (Å²) in [7, 11) is 0. The second-order valence-corrected chi connectivity index (χ2v) is 3.47. The molecule has 0 saturated carbocycles. The standard InChI is InChI=1S/C8H16N2O2/c9-7(11)6-8(12)2-1-4-10-5-3-8/h10,12H,1-6H2,(H2,9,11). The lowest BCUT2D eigenvalue weighted by Gasteiger charge is -2.24. The molecule has 1 amide bonds. The van der Waals surface area contributed by atoms with Crippen LogP contribution in [0.3, 0.4) is 0 Å². The van der Waals surface area contributed by atoms with Crippen molar-refractivity contribution in [3.63, 3.8) is 0 Å². The van der Waals surface area contributed by atoms with Gasteiger partial charge in [-0.1, -0.05) is 0 Å². The van der Waals surface area contributed by atoms with Crippen LogP contribution in [-0.4, -0.2) is 29.7 Å². The van der Waals surface area contributed by atoms with Gasteiger partial charge in [-0.15, -0.1) is 0 Å². The number of nitrogens with one attached hydrogen (secondary N) is 1. The van der Waals surface area contributed by atoms with Crippen molar-refractivity contribution in [2.45, 2.75) is 31.3 Å². The average molecular weight is 172 g/mol. The maximum Gasteiger partial charge on any atom is 0.220 e. The van der Waals surface area contributed by atoms with Gasteiger partial charge in [-0.05, 0) is 32.4 Å². The van der Waals surface area contributed by atoms with Crippen LogP contribution in [0.5, 0.6) is 0 Å². The van der Waals surface area contributed by atoms with E-state index in [1.807, 2.05) is 0 Å². The molecule has 12 heavy (non-hydrogen) atoms.